The van der Waals surface area contributed by atoms with Crippen LogP contribution in [0.2, 0.25) is 0 Å². The Hall–Kier alpha value is -2.37. The predicted molar refractivity (Wildman–Crippen MR) is 132 cm³/mol. The molecule has 6 nitrogen and oxygen atoms in total. The SMILES string of the molecule is CCOC(=O)CNC(=O)[C@H](C)NC(=O)c1ccc2cc([C]3[CH][CH][CH][CH]3)ccc2c1.[CH]1[CH][CH][CH][CH]1.[Fe+2]. The molecule has 0 aromatic heterocycles. The minimum Gasteiger partial charge on any atom is -0.465 e. The van der Waals surface area contributed by atoms with Gasteiger partial charge in [0.1, 0.15) is 12.6 Å². The molecular weight excluding hydrogens is 484 g/mol. The standard InChI is InChI=1S/C23H23N2O4.C5H5.Fe/c1-3-29-21(26)14-24-22(27)15(2)25-23(28)20-11-10-18-12-17(8-9-19(18)13-20)16-6-4-5-7-16;1-2-4-5-3-1;/h4-13,15H,3,14H2,1-2H3,(H,24,27)(H,25,28);1-5H;/q;;+2/t15-;;/m0../s1. The van der Waals surface area contributed by atoms with E-state index in [1.165, 1.54) is 0 Å². The summed E-state index contributed by atoms with van der Waals surface area (Å²) in [6.07, 6.45) is 18.1. The second-order valence-electron chi connectivity index (χ2n) is 7.63. The molecule has 2 amide bonds. The molecule has 0 bridgehead atoms. The summed E-state index contributed by atoms with van der Waals surface area (Å²) in [5, 5.41) is 7.06. The fraction of sp³-hybridized carbons (Fsp3) is 0.179. The quantitative estimate of drug-likeness (QED) is 0.440. The molecule has 0 saturated heterocycles. The molecule has 1 atom stereocenters. The summed E-state index contributed by atoms with van der Waals surface area (Å²) in [5.41, 5.74) is 1.58. The number of fused-ring (bicyclic) bond motifs is 1. The minimum atomic E-state index is -0.785. The molecule has 2 aliphatic rings. The van der Waals surface area contributed by atoms with Crippen LogP contribution in [0, 0.1) is 63.7 Å². The van der Waals surface area contributed by atoms with Gasteiger partial charge >= 0.3 is 23.0 Å². The van der Waals surface area contributed by atoms with Gasteiger partial charge in [-0.25, -0.2) is 0 Å². The topological polar surface area (TPSA) is 84.5 Å². The smallest absolute Gasteiger partial charge is 0.465 e. The van der Waals surface area contributed by atoms with E-state index in [2.05, 4.69) is 29.5 Å². The van der Waals surface area contributed by atoms with E-state index in [1.807, 2.05) is 63.1 Å². The van der Waals surface area contributed by atoms with Gasteiger partial charge in [-0.15, -0.1) is 0 Å². The Morgan fingerprint density at radius 2 is 1.46 bits per heavy atom. The first-order valence-electron chi connectivity index (χ1n) is 11.1. The second kappa shape index (κ2) is 14.9. The van der Waals surface area contributed by atoms with Gasteiger partial charge in [0.05, 0.1) is 6.61 Å². The molecule has 4 rings (SSSR count). The van der Waals surface area contributed by atoms with Gasteiger partial charge in [-0.3, -0.25) is 14.4 Å². The molecule has 0 aliphatic heterocycles. The van der Waals surface area contributed by atoms with E-state index in [-0.39, 0.29) is 36.1 Å². The van der Waals surface area contributed by atoms with Gasteiger partial charge in [-0.05, 0) is 100 Å². The summed E-state index contributed by atoms with van der Waals surface area (Å²) < 4.78 is 4.75. The zero-order valence-electron chi connectivity index (χ0n) is 19.6. The molecule has 2 aliphatic carbocycles. The number of carbonyl (C=O) groups is 3. The van der Waals surface area contributed by atoms with Crippen LogP contribution in [0.5, 0.6) is 0 Å². The maximum absolute atomic E-state index is 12.5. The number of hydrogen-bond donors (Lipinski definition) is 2. The van der Waals surface area contributed by atoms with Crippen LogP contribution in [0.15, 0.2) is 36.4 Å². The fourth-order valence-electron chi connectivity index (χ4n) is 3.32. The van der Waals surface area contributed by atoms with Crippen molar-refractivity contribution in [2.75, 3.05) is 13.2 Å². The van der Waals surface area contributed by atoms with Crippen molar-refractivity contribution in [3.05, 3.63) is 111 Å². The first-order chi connectivity index (χ1) is 16.5. The van der Waals surface area contributed by atoms with Crippen molar-refractivity contribution < 1.29 is 36.2 Å². The van der Waals surface area contributed by atoms with E-state index in [4.69, 9.17) is 4.74 Å². The molecule has 2 aromatic carbocycles. The van der Waals surface area contributed by atoms with Crippen LogP contribution in [0.1, 0.15) is 29.8 Å². The van der Waals surface area contributed by atoms with Crippen LogP contribution in [0.3, 0.4) is 0 Å². The zero-order chi connectivity index (χ0) is 24.3. The molecule has 7 heteroatoms. The van der Waals surface area contributed by atoms with Crippen LogP contribution >= 0.6 is 0 Å². The first kappa shape index (κ1) is 28.9. The van der Waals surface area contributed by atoms with E-state index in [0.29, 0.717) is 5.56 Å². The van der Waals surface area contributed by atoms with Crippen molar-refractivity contribution in [3.8, 4) is 0 Å². The van der Waals surface area contributed by atoms with Crippen LogP contribution in [0.4, 0.5) is 0 Å². The van der Waals surface area contributed by atoms with E-state index < -0.39 is 17.9 Å². The average molecular weight is 512 g/mol. The third-order valence-corrected chi connectivity index (χ3v) is 5.11. The predicted octanol–water partition coefficient (Wildman–Crippen LogP) is 3.41. The number of nitrogens with one attached hydrogen (secondary N) is 2. The maximum Gasteiger partial charge on any atom is 2.00 e. The van der Waals surface area contributed by atoms with E-state index >= 15 is 0 Å². The molecule has 0 heterocycles. The third kappa shape index (κ3) is 8.97. The Balaban J connectivity index is 0.000000640. The van der Waals surface area contributed by atoms with E-state index in [9.17, 15) is 14.4 Å². The van der Waals surface area contributed by atoms with Gasteiger partial charge < -0.3 is 15.4 Å². The van der Waals surface area contributed by atoms with E-state index in [1.54, 1.807) is 26.0 Å². The summed E-state index contributed by atoms with van der Waals surface area (Å²) in [4.78, 5) is 35.9. The van der Waals surface area contributed by atoms with Crippen LogP contribution in [-0.2, 0) is 31.4 Å². The molecular formula is C28H28FeN2O4+2. The summed E-state index contributed by atoms with van der Waals surface area (Å²) in [5.74, 6) is -0.177. The molecule has 0 spiro atoms. The van der Waals surface area contributed by atoms with Crippen molar-refractivity contribution in [1.29, 1.82) is 0 Å². The minimum absolute atomic E-state index is 0. The molecule has 0 unspecified atom stereocenters. The number of rotatable bonds is 7. The average Bonchev–Trinajstić information content (AvgIpc) is 3.59. The summed E-state index contributed by atoms with van der Waals surface area (Å²) in [6, 6.07) is 10.7. The van der Waals surface area contributed by atoms with Crippen molar-refractivity contribution in [1.82, 2.24) is 10.6 Å². The Bertz CT molecular complexity index is 976. The van der Waals surface area contributed by atoms with Crippen molar-refractivity contribution in [3.63, 3.8) is 0 Å². The number of benzene rings is 2. The van der Waals surface area contributed by atoms with Gasteiger partial charge in [-0.1, -0.05) is 24.3 Å². The summed E-state index contributed by atoms with van der Waals surface area (Å²) in [6.45, 7) is 3.27. The summed E-state index contributed by atoms with van der Waals surface area (Å²) >= 11 is 0. The molecule has 2 fully saturated rings. The molecule has 180 valence electrons. The van der Waals surface area contributed by atoms with Crippen LogP contribution in [-0.4, -0.2) is 37.0 Å². The van der Waals surface area contributed by atoms with Gasteiger partial charge in [0.2, 0.25) is 5.91 Å². The number of esters is 1. The third-order valence-electron chi connectivity index (χ3n) is 5.11. The molecule has 2 saturated carbocycles. The number of carbonyl (C=O) groups excluding carboxylic acids is 3. The number of amides is 2. The Labute approximate surface area is 219 Å². The maximum atomic E-state index is 12.5. The van der Waals surface area contributed by atoms with Crippen molar-refractivity contribution in [2.45, 2.75) is 19.9 Å². The van der Waals surface area contributed by atoms with Crippen molar-refractivity contribution >= 4 is 28.6 Å². The van der Waals surface area contributed by atoms with Gasteiger partial charge in [0.25, 0.3) is 5.91 Å². The largest absolute Gasteiger partial charge is 2.00 e. The molecule has 2 aromatic rings. The van der Waals surface area contributed by atoms with E-state index in [0.717, 1.165) is 22.3 Å². The van der Waals surface area contributed by atoms with Gasteiger partial charge in [0, 0.05) is 11.5 Å². The van der Waals surface area contributed by atoms with Gasteiger partial charge in [0.15, 0.2) is 0 Å². The fourth-order valence-corrected chi connectivity index (χ4v) is 3.32. The first-order valence-corrected chi connectivity index (χ1v) is 11.1. The second-order valence-corrected chi connectivity index (χ2v) is 7.63. The monoisotopic (exact) mass is 512 g/mol. The Morgan fingerprint density at radius 3 is 2.09 bits per heavy atom. The number of ether oxygens (including phenoxy) is 1. The van der Waals surface area contributed by atoms with Crippen LogP contribution in [0.25, 0.3) is 10.8 Å². The Morgan fingerprint density at radius 1 is 0.857 bits per heavy atom. The Kier molecular flexibility index (Phi) is 12.3. The molecule has 2 N–H and O–H groups in total. The summed E-state index contributed by atoms with van der Waals surface area (Å²) in [7, 11) is 0. The molecule has 10 radical (unpaired) electrons. The van der Waals surface area contributed by atoms with Crippen molar-refractivity contribution in [2.24, 2.45) is 0 Å². The van der Waals surface area contributed by atoms with Crippen LogP contribution < -0.4 is 10.6 Å². The van der Waals surface area contributed by atoms with Gasteiger partial charge in [-0.2, -0.15) is 0 Å². The normalized spacial score (nSPS) is 15.9. The number of hydrogen-bond acceptors (Lipinski definition) is 4. The molecule has 35 heavy (non-hydrogen) atoms. The zero-order valence-corrected chi connectivity index (χ0v) is 20.7.